The van der Waals surface area contributed by atoms with Gasteiger partial charge < -0.3 is 14.0 Å². The predicted octanol–water partition coefficient (Wildman–Crippen LogP) is 5.80. The normalized spacial score (nSPS) is 18.3. The van der Waals surface area contributed by atoms with Crippen LogP contribution in [0.1, 0.15) is 75.7 Å². The number of imidazole rings is 1. The maximum Gasteiger partial charge on any atom is 0.243 e. The van der Waals surface area contributed by atoms with Crippen molar-refractivity contribution in [3.8, 4) is 11.4 Å². The number of aromatic nitrogens is 3. The highest BCUT2D eigenvalue weighted by atomic mass is 16.5. The minimum atomic E-state index is 0.236. The van der Waals surface area contributed by atoms with Crippen LogP contribution in [-0.2, 0) is 11.3 Å². The second kappa shape index (κ2) is 9.08. The molecule has 0 aliphatic heterocycles. The molecule has 6 nitrogen and oxygen atoms in total. The van der Waals surface area contributed by atoms with E-state index in [4.69, 9.17) is 9.51 Å². The van der Waals surface area contributed by atoms with Crippen LogP contribution in [0.5, 0.6) is 0 Å². The summed E-state index contributed by atoms with van der Waals surface area (Å²) < 4.78 is 7.53. The summed E-state index contributed by atoms with van der Waals surface area (Å²) in [5, 5.41) is 4.14. The molecule has 3 aromatic rings. The number of nitrogens with zero attached hydrogens (tertiary/aromatic N) is 4. The lowest BCUT2D eigenvalue weighted by Crippen LogP contribution is -2.50. The van der Waals surface area contributed by atoms with Crippen LogP contribution in [0.15, 0.2) is 28.8 Å². The highest BCUT2D eigenvalue weighted by molar-refractivity contribution is 5.85. The Morgan fingerprint density at radius 3 is 2.22 bits per heavy atom. The molecule has 2 aromatic heterocycles. The van der Waals surface area contributed by atoms with Crippen LogP contribution < -0.4 is 0 Å². The van der Waals surface area contributed by atoms with Crippen molar-refractivity contribution in [1.29, 1.82) is 0 Å². The topological polar surface area (TPSA) is 64.2 Å². The van der Waals surface area contributed by atoms with Gasteiger partial charge in [-0.3, -0.25) is 4.79 Å². The Labute approximate surface area is 190 Å². The fraction of sp³-hybridized carbons (Fsp3) is 0.577. The molecule has 1 aromatic carbocycles. The molecule has 2 fully saturated rings. The predicted molar refractivity (Wildman–Crippen MR) is 125 cm³/mol. The zero-order valence-electron chi connectivity index (χ0n) is 19.3. The Morgan fingerprint density at radius 1 is 1.00 bits per heavy atom. The summed E-state index contributed by atoms with van der Waals surface area (Å²) in [5.41, 5.74) is 3.60. The molecule has 2 aliphatic rings. The molecule has 32 heavy (non-hydrogen) atoms. The van der Waals surface area contributed by atoms with Gasteiger partial charge in [0.1, 0.15) is 18.1 Å². The number of hydrogen-bond acceptors (Lipinski definition) is 4. The summed E-state index contributed by atoms with van der Waals surface area (Å²) >= 11 is 0. The van der Waals surface area contributed by atoms with Gasteiger partial charge in [0.05, 0.1) is 22.3 Å². The van der Waals surface area contributed by atoms with E-state index in [1.54, 1.807) is 0 Å². The smallest absolute Gasteiger partial charge is 0.243 e. The maximum absolute atomic E-state index is 14.0. The molecular weight excluding hydrogens is 400 g/mol. The molecule has 2 saturated carbocycles. The van der Waals surface area contributed by atoms with Crippen LogP contribution in [-0.4, -0.2) is 37.6 Å². The lowest BCUT2D eigenvalue weighted by molar-refractivity contribution is -0.138. The first-order chi connectivity index (χ1) is 15.6. The highest BCUT2D eigenvalue weighted by Crippen LogP contribution is 2.33. The summed E-state index contributed by atoms with van der Waals surface area (Å²) in [6.45, 7) is 4.16. The van der Waals surface area contributed by atoms with Crippen molar-refractivity contribution < 1.29 is 9.32 Å². The average Bonchev–Trinajstić information content (AvgIpc) is 3.34. The fourth-order valence-corrected chi connectivity index (χ4v) is 5.87. The largest absolute Gasteiger partial charge is 0.361 e. The minimum absolute atomic E-state index is 0.236. The quantitative estimate of drug-likeness (QED) is 0.509. The van der Waals surface area contributed by atoms with Crippen LogP contribution in [0.25, 0.3) is 22.4 Å². The Morgan fingerprint density at radius 2 is 1.62 bits per heavy atom. The van der Waals surface area contributed by atoms with Crippen LogP contribution in [0.2, 0.25) is 0 Å². The van der Waals surface area contributed by atoms with Crippen molar-refractivity contribution in [3.05, 3.63) is 35.7 Å². The molecule has 2 aliphatic carbocycles. The summed E-state index contributed by atoms with van der Waals surface area (Å²) in [7, 11) is 0. The number of carbonyl (C=O) groups excluding carboxylic acids is 1. The minimum Gasteiger partial charge on any atom is -0.361 e. The highest BCUT2D eigenvalue weighted by Gasteiger charge is 2.33. The van der Waals surface area contributed by atoms with E-state index in [0.29, 0.717) is 18.6 Å². The Balaban J connectivity index is 1.53. The molecule has 2 heterocycles. The number of amides is 1. The van der Waals surface area contributed by atoms with E-state index in [1.807, 2.05) is 32.0 Å². The Kier molecular flexibility index (Phi) is 6.03. The summed E-state index contributed by atoms with van der Waals surface area (Å²) in [5.74, 6) is 1.76. The van der Waals surface area contributed by atoms with Crippen LogP contribution in [0, 0.1) is 13.8 Å². The third-order valence-corrected chi connectivity index (χ3v) is 7.43. The number of carbonyl (C=O) groups is 1. The van der Waals surface area contributed by atoms with Crippen molar-refractivity contribution in [2.45, 2.75) is 96.7 Å². The van der Waals surface area contributed by atoms with Gasteiger partial charge >= 0.3 is 0 Å². The van der Waals surface area contributed by atoms with E-state index in [1.165, 1.54) is 38.5 Å². The van der Waals surface area contributed by atoms with Gasteiger partial charge in [-0.15, -0.1) is 0 Å². The Hall–Kier alpha value is -2.63. The molecule has 0 radical (unpaired) electrons. The molecule has 1 amide bonds. The molecular formula is C26H34N4O2. The summed E-state index contributed by atoms with van der Waals surface area (Å²) in [6, 6.07) is 8.85. The SMILES string of the molecule is Cc1noc(C)c1-c1nc2ccccc2n1CC(=O)N(C1CCCCC1)C1CCCCC1. The molecule has 0 N–H and O–H groups in total. The van der Waals surface area contributed by atoms with Gasteiger partial charge in [0.15, 0.2) is 0 Å². The van der Waals surface area contributed by atoms with E-state index in [9.17, 15) is 4.79 Å². The first kappa shape index (κ1) is 21.2. The second-order valence-corrected chi connectivity index (χ2v) is 9.59. The fourth-order valence-electron chi connectivity index (χ4n) is 5.87. The van der Waals surface area contributed by atoms with Gasteiger partial charge in [-0.25, -0.2) is 4.98 Å². The van der Waals surface area contributed by atoms with E-state index >= 15 is 0 Å². The van der Waals surface area contributed by atoms with Gasteiger partial charge in [-0.1, -0.05) is 55.8 Å². The lowest BCUT2D eigenvalue weighted by Gasteiger charge is -2.42. The van der Waals surface area contributed by atoms with Crippen LogP contribution >= 0.6 is 0 Å². The van der Waals surface area contributed by atoms with Gasteiger partial charge in [0.25, 0.3) is 0 Å². The first-order valence-corrected chi connectivity index (χ1v) is 12.3. The van der Waals surface area contributed by atoms with Gasteiger partial charge in [0, 0.05) is 12.1 Å². The molecule has 0 unspecified atom stereocenters. The Bertz CT molecular complexity index is 1050. The van der Waals surface area contributed by atoms with E-state index in [0.717, 1.165) is 59.6 Å². The number of hydrogen-bond donors (Lipinski definition) is 0. The maximum atomic E-state index is 14.0. The zero-order chi connectivity index (χ0) is 22.1. The zero-order valence-corrected chi connectivity index (χ0v) is 19.3. The monoisotopic (exact) mass is 434 g/mol. The summed E-state index contributed by atoms with van der Waals surface area (Å²) in [4.78, 5) is 21.2. The van der Waals surface area contributed by atoms with E-state index in [2.05, 4.69) is 20.7 Å². The molecule has 0 atom stereocenters. The molecule has 0 spiro atoms. The molecule has 5 rings (SSSR count). The van der Waals surface area contributed by atoms with Gasteiger partial charge in [-0.2, -0.15) is 0 Å². The van der Waals surface area contributed by atoms with Crippen molar-refractivity contribution in [2.24, 2.45) is 0 Å². The number of fused-ring (bicyclic) bond motifs is 1. The second-order valence-electron chi connectivity index (χ2n) is 9.59. The number of benzene rings is 1. The van der Waals surface area contributed by atoms with Crippen molar-refractivity contribution in [1.82, 2.24) is 19.6 Å². The van der Waals surface area contributed by atoms with Crippen molar-refractivity contribution in [3.63, 3.8) is 0 Å². The third-order valence-electron chi connectivity index (χ3n) is 7.43. The number of rotatable bonds is 5. The average molecular weight is 435 g/mol. The lowest BCUT2D eigenvalue weighted by atomic mass is 9.88. The van der Waals surface area contributed by atoms with Crippen molar-refractivity contribution >= 4 is 16.9 Å². The number of para-hydroxylation sites is 2. The van der Waals surface area contributed by atoms with Gasteiger partial charge in [-0.05, 0) is 51.7 Å². The first-order valence-electron chi connectivity index (χ1n) is 12.3. The molecule has 170 valence electrons. The van der Waals surface area contributed by atoms with E-state index < -0.39 is 0 Å². The molecule has 6 heteroatoms. The number of aryl methyl sites for hydroxylation is 2. The third kappa shape index (κ3) is 3.96. The van der Waals surface area contributed by atoms with E-state index in [-0.39, 0.29) is 5.91 Å². The van der Waals surface area contributed by atoms with Crippen molar-refractivity contribution in [2.75, 3.05) is 0 Å². The standard InChI is InChI=1S/C26H34N4O2/c1-18-25(19(2)32-28-18)26-27-22-15-9-10-16-23(22)29(26)17-24(31)30(20-11-5-3-6-12-20)21-13-7-4-8-14-21/h9-10,15-16,20-21H,3-8,11-14,17H2,1-2H3. The van der Waals surface area contributed by atoms with Gasteiger partial charge in [0.2, 0.25) is 5.91 Å². The molecule has 0 bridgehead atoms. The van der Waals surface area contributed by atoms with Crippen LogP contribution in [0.4, 0.5) is 0 Å². The van der Waals surface area contributed by atoms with Crippen LogP contribution in [0.3, 0.4) is 0 Å². The summed E-state index contributed by atoms with van der Waals surface area (Å²) in [6.07, 6.45) is 12.1. The molecule has 0 saturated heterocycles.